The molecule has 4 nitrogen and oxygen atoms in total. The molecule has 0 saturated carbocycles. The second-order valence-corrected chi connectivity index (χ2v) is 5.85. The molecule has 0 atom stereocenters. The van der Waals surface area contributed by atoms with Crippen molar-refractivity contribution >= 4 is 12.0 Å². The number of nitrogens with zero attached hydrogens (tertiary/aromatic N) is 1. The lowest BCUT2D eigenvalue weighted by molar-refractivity contribution is -0.118. The van der Waals surface area contributed by atoms with Gasteiger partial charge in [-0.3, -0.25) is 4.79 Å². The van der Waals surface area contributed by atoms with E-state index in [0.717, 1.165) is 6.42 Å². The summed E-state index contributed by atoms with van der Waals surface area (Å²) in [6.45, 7) is 3.30. The molecule has 0 aromatic rings. The Labute approximate surface area is 135 Å². The summed E-state index contributed by atoms with van der Waals surface area (Å²) in [5.74, 6) is -0.454. The third kappa shape index (κ3) is 17.1. The first-order valence-corrected chi connectivity index (χ1v) is 8.99. The Hall–Kier alpha value is -0.990. The van der Waals surface area contributed by atoms with E-state index in [4.69, 9.17) is 4.74 Å². The first kappa shape index (κ1) is 21.0. The number of ether oxygens (including phenoxy) is 1. The summed E-state index contributed by atoms with van der Waals surface area (Å²) in [5.41, 5.74) is 0. The molecular weight excluding hydrogens is 278 g/mol. The molecule has 0 aromatic heterocycles. The van der Waals surface area contributed by atoms with E-state index in [2.05, 4.69) is 11.9 Å². The van der Waals surface area contributed by atoms with Crippen molar-refractivity contribution in [3.05, 3.63) is 0 Å². The van der Waals surface area contributed by atoms with E-state index in [-0.39, 0.29) is 6.42 Å². The zero-order valence-electron chi connectivity index (χ0n) is 14.3. The van der Waals surface area contributed by atoms with Gasteiger partial charge in [-0.25, -0.2) is 4.79 Å². The van der Waals surface area contributed by atoms with Gasteiger partial charge in [-0.05, 0) is 6.42 Å². The third-order valence-corrected chi connectivity index (χ3v) is 3.77. The number of unbranched alkanes of at least 4 members (excludes halogenated alkanes) is 11. The molecule has 1 amide bonds. The maximum atomic E-state index is 10.9. The lowest BCUT2D eigenvalue weighted by Crippen LogP contribution is -2.02. The Morgan fingerprint density at radius 1 is 0.818 bits per heavy atom. The standard InChI is InChI=1S/C18H33NO3/c1-2-3-4-5-6-7-8-9-10-11-12-13-15-22-16-14-18(21)19-17-20/h2-16H2,1H3. The number of rotatable bonds is 16. The molecule has 0 saturated heterocycles. The van der Waals surface area contributed by atoms with Crippen LogP contribution in [0.3, 0.4) is 0 Å². The maximum absolute atomic E-state index is 10.9. The van der Waals surface area contributed by atoms with Crippen LogP contribution in [0.1, 0.15) is 90.4 Å². The maximum Gasteiger partial charge on any atom is 0.258 e. The van der Waals surface area contributed by atoms with Crippen LogP contribution in [0.2, 0.25) is 0 Å². The van der Waals surface area contributed by atoms with Crippen molar-refractivity contribution in [3.63, 3.8) is 0 Å². The van der Waals surface area contributed by atoms with Crippen LogP contribution in [0.5, 0.6) is 0 Å². The molecular formula is C18H33NO3. The number of carbonyl (C=O) groups is 1. The topological polar surface area (TPSA) is 55.7 Å². The highest BCUT2D eigenvalue weighted by molar-refractivity contribution is 5.81. The Kier molecular flexibility index (Phi) is 17.2. The second kappa shape index (κ2) is 18.1. The predicted octanol–water partition coefficient (Wildman–Crippen LogP) is 4.96. The molecule has 4 heteroatoms. The first-order chi connectivity index (χ1) is 10.8. The van der Waals surface area contributed by atoms with E-state index in [0.29, 0.717) is 13.2 Å². The summed E-state index contributed by atoms with van der Waals surface area (Å²) in [6.07, 6.45) is 17.3. The van der Waals surface area contributed by atoms with Crippen molar-refractivity contribution in [1.82, 2.24) is 0 Å². The zero-order valence-corrected chi connectivity index (χ0v) is 14.3. The fourth-order valence-electron chi connectivity index (χ4n) is 2.41. The van der Waals surface area contributed by atoms with Gasteiger partial charge < -0.3 is 4.74 Å². The molecule has 0 unspecified atom stereocenters. The molecule has 0 N–H and O–H groups in total. The van der Waals surface area contributed by atoms with E-state index in [9.17, 15) is 9.59 Å². The van der Waals surface area contributed by atoms with Gasteiger partial charge in [0.15, 0.2) is 0 Å². The van der Waals surface area contributed by atoms with Gasteiger partial charge in [0, 0.05) is 6.61 Å². The number of isocyanates is 1. The monoisotopic (exact) mass is 311 g/mol. The molecule has 22 heavy (non-hydrogen) atoms. The molecule has 0 spiro atoms. The molecule has 0 rings (SSSR count). The van der Waals surface area contributed by atoms with Gasteiger partial charge in [-0.1, -0.05) is 77.6 Å². The predicted molar refractivity (Wildman–Crippen MR) is 89.6 cm³/mol. The van der Waals surface area contributed by atoms with Crippen LogP contribution in [0.15, 0.2) is 4.99 Å². The van der Waals surface area contributed by atoms with Crippen molar-refractivity contribution in [2.45, 2.75) is 90.4 Å². The normalized spacial score (nSPS) is 10.4. The molecule has 0 aliphatic rings. The Morgan fingerprint density at radius 3 is 1.82 bits per heavy atom. The van der Waals surface area contributed by atoms with Crippen molar-refractivity contribution in [2.24, 2.45) is 4.99 Å². The fraction of sp³-hybridized carbons (Fsp3) is 0.889. The van der Waals surface area contributed by atoms with Gasteiger partial charge in [-0.15, -0.1) is 4.99 Å². The van der Waals surface area contributed by atoms with Crippen molar-refractivity contribution in [3.8, 4) is 0 Å². The number of carbonyl (C=O) groups excluding carboxylic acids is 2. The van der Waals surface area contributed by atoms with Crippen LogP contribution in [0, 0.1) is 0 Å². The van der Waals surface area contributed by atoms with Gasteiger partial charge in [0.1, 0.15) is 0 Å². The van der Waals surface area contributed by atoms with Crippen LogP contribution in [-0.2, 0) is 14.3 Å². The molecule has 0 aromatic carbocycles. The molecule has 0 bridgehead atoms. The highest BCUT2D eigenvalue weighted by Crippen LogP contribution is 2.11. The van der Waals surface area contributed by atoms with Gasteiger partial charge >= 0.3 is 0 Å². The summed E-state index contributed by atoms with van der Waals surface area (Å²) in [4.78, 5) is 23.7. The van der Waals surface area contributed by atoms with Gasteiger partial charge in [-0.2, -0.15) is 0 Å². The Morgan fingerprint density at radius 2 is 1.32 bits per heavy atom. The smallest absolute Gasteiger partial charge is 0.258 e. The average molecular weight is 311 g/mol. The molecule has 128 valence electrons. The number of hydrogen-bond donors (Lipinski definition) is 0. The third-order valence-electron chi connectivity index (χ3n) is 3.77. The molecule has 0 fully saturated rings. The summed E-state index contributed by atoms with van der Waals surface area (Å²) < 4.78 is 5.33. The molecule has 0 aliphatic heterocycles. The van der Waals surface area contributed by atoms with Crippen LogP contribution in [0.25, 0.3) is 0 Å². The van der Waals surface area contributed by atoms with Crippen LogP contribution >= 0.6 is 0 Å². The van der Waals surface area contributed by atoms with Gasteiger partial charge in [0.25, 0.3) is 5.91 Å². The first-order valence-electron chi connectivity index (χ1n) is 8.99. The van der Waals surface area contributed by atoms with Gasteiger partial charge in [0.05, 0.1) is 13.0 Å². The minimum atomic E-state index is -0.454. The number of hydrogen-bond acceptors (Lipinski definition) is 3. The lowest BCUT2D eigenvalue weighted by Gasteiger charge is -2.04. The minimum Gasteiger partial charge on any atom is -0.381 e. The fourth-order valence-corrected chi connectivity index (χ4v) is 2.41. The van der Waals surface area contributed by atoms with Crippen molar-refractivity contribution < 1.29 is 14.3 Å². The quantitative estimate of drug-likeness (QED) is 0.230. The van der Waals surface area contributed by atoms with E-state index >= 15 is 0 Å². The Bertz CT molecular complexity index is 299. The summed E-state index contributed by atoms with van der Waals surface area (Å²) >= 11 is 0. The highest BCUT2D eigenvalue weighted by Gasteiger charge is 1.98. The molecule has 0 aliphatic carbocycles. The van der Waals surface area contributed by atoms with E-state index in [1.54, 1.807) is 0 Å². The summed E-state index contributed by atoms with van der Waals surface area (Å²) in [5, 5.41) is 0. The van der Waals surface area contributed by atoms with Crippen LogP contribution < -0.4 is 0 Å². The largest absolute Gasteiger partial charge is 0.381 e. The van der Waals surface area contributed by atoms with Gasteiger partial charge in [0.2, 0.25) is 6.08 Å². The number of amides is 1. The summed E-state index contributed by atoms with van der Waals surface area (Å²) in [6, 6.07) is 0. The van der Waals surface area contributed by atoms with Crippen molar-refractivity contribution in [1.29, 1.82) is 0 Å². The lowest BCUT2D eigenvalue weighted by atomic mass is 10.1. The molecule has 0 radical (unpaired) electrons. The van der Waals surface area contributed by atoms with Crippen LogP contribution in [0.4, 0.5) is 0 Å². The average Bonchev–Trinajstić information content (AvgIpc) is 2.51. The second-order valence-electron chi connectivity index (χ2n) is 5.85. The Balaban J connectivity index is 3.05. The summed E-state index contributed by atoms with van der Waals surface area (Å²) in [7, 11) is 0. The van der Waals surface area contributed by atoms with Crippen LogP contribution in [-0.4, -0.2) is 25.2 Å². The minimum absolute atomic E-state index is 0.174. The zero-order chi connectivity index (χ0) is 16.3. The van der Waals surface area contributed by atoms with E-state index in [1.165, 1.54) is 76.7 Å². The van der Waals surface area contributed by atoms with E-state index < -0.39 is 5.91 Å². The SMILES string of the molecule is CCCCCCCCCCCCCCOCCC(=O)N=C=O. The van der Waals surface area contributed by atoms with E-state index in [1.807, 2.05) is 0 Å². The number of aliphatic imine (C=N–C) groups is 1. The highest BCUT2D eigenvalue weighted by atomic mass is 16.5. The molecule has 0 heterocycles. The van der Waals surface area contributed by atoms with Crippen molar-refractivity contribution in [2.75, 3.05) is 13.2 Å².